The van der Waals surface area contributed by atoms with Crippen molar-refractivity contribution in [3.8, 4) is 0 Å². The normalized spacial score (nSPS) is 12.6. The number of carbonyl (C=O) groups excluding carboxylic acids is 1. The van der Waals surface area contributed by atoms with E-state index in [0.717, 1.165) is 6.42 Å². The van der Waals surface area contributed by atoms with Crippen molar-refractivity contribution in [2.45, 2.75) is 38.7 Å². The van der Waals surface area contributed by atoms with Crippen LogP contribution in [-0.2, 0) is 29.6 Å². The minimum Gasteiger partial charge on any atom is -0.449 e. The lowest BCUT2D eigenvalue weighted by molar-refractivity contribution is -0.166. The molecule has 0 aliphatic heterocycles. The van der Waals surface area contributed by atoms with E-state index in [1.54, 1.807) is 0 Å². The highest BCUT2D eigenvalue weighted by atomic mass is 31.2. The summed E-state index contributed by atoms with van der Waals surface area (Å²) in [5.41, 5.74) is -1.08. The predicted molar refractivity (Wildman–Crippen MR) is 101 cm³/mol. The maximum absolute atomic E-state index is 14.1. The average Bonchev–Trinajstić information content (AvgIpc) is 2.71. The maximum Gasteiger partial charge on any atom is 0.412 e. The molecule has 0 aromatic carbocycles. The first kappa shape index (κ1) is 29.8. The Bertz CT molecular complexity index is 886. The fourth-order valence-corrected chi connectivity index (χ4v) is 3.21. The van der Waals surface area contributed by atoms with Gasteiger partial charge in [-0.1, -0.05) is 13.3 Å². The van der Waals surface area contributed by atoms with E-state index in [-0.39, 0.29) is 6.61 Å². The number of hydrogen-bond donors (Lipinski definition) is 1. The van der Waals surface area contributed by atoms with E-state index < -0.39 is 76.1 Å². The molecule has 1 amide bonds. The maximum atomic E-state index is 14.1. The van der Waals surface area contributed by atoms with Gasteiger partial charge in [0.1, 0.15) is 6.35 Å². The fraction of sp³-hybridized carbons (Fsp3) is 0.688. The van der Waals surface area contributed by atoms with Gasteiger partial charge in [0.05, 0.1) is 19.8 Å². The molecule has 1 N–H and O–H groups in total. The molecule has 0 radical (unpaired) electrons. The van der Waals surface area contributed by atoms with Gasteiger partial charge in [-0.05, 0) is 6.42 Å². The zero-order valence-corrected chi connectivity index (χ0v) is 18.5. The Hall–Kier alpha value is -2.23. The van der Waals surface area contributed by atoms with Crippen molar-refractivity contribution in [3.05, 3.63) is 22.5 Å². The quantitative estimate of drug-likeness (QED) is 0.230. The van der Waals surface area contributed by atoms with Gasteiger partial charge in [0.2, 0.25) is 0 Å². The lowest BCUT2D eigenvalue weighted by Crippen LogP contribution is -2.28. The van der Waals surface area contributed by atoms with Crippen molar-refractivity contribution in [3.63, 3.8) is 0 Å². The largest absolute Gasteiger partial charge is 0.449 e. The number of alkyl halides is 6. The van der Waals surface area contributed by atoms with Crippen LogP contribution in [0.1, 0.15) is 19.8 Å². The number of anilines is 1. The number of nitrogens with one attached hydrogen (secondary N) is 1. The molecule has 0 bridgehead atoms. The molecule has 0 spiro atoms. The highest BCUT2D eigenvalue weighted by Crippen LogP contribution is 2.50. The van der Waals surface area contributed by atoms with Crippen LogP contribution in [0, 0.1) is 5.82 Å². The number of rotatable bonds is 13. The third kappa shape index (κ3) is 12.3. The second-order valence-electron chi connectivity index (χ2n) is 6.45. The van der Waals surface area contributed by atoms with Crippen molar-refractivity contribution in [1.29, 1.82) is 0 Å². The van der Waals surface area contributed by atoms with E-state index >= 15 is 0 Å². The minimum atomic E-state index is -5.01. The number of hydrogen-bond acceptors (Lipinski definition) is 8. The topological polar surface area (TPSA) is 118 Å². The summed E-state index contributed by atoms with van der Waals surface area (Å²) < 4.78 is 118. The van der Waals surface area contributed by atoms with Crippen LogP contribution in [0.25, 0.3) is 0 Å². The summed E-state index contributed by atoms with van der Waals surface area (Å²) in [7, 11) is -4.99. The molecule has 0 saturated heterocycles. The van der Waals surface area contributed by atoms with E-state index in [1.807, 2.05) is 12.2 Å². The Kier molecular flexibility index (Phi) is 11.4. The van der Waals surface area contributed by atoms with Gasteiger partial charge in [-0.15, -0.1) is 0 Å². The van der Waals surface area contributed by atoms with Crippen molar-refractivity contribution in [2.75, 3.05) is 38.1 Å². The van der Waals surface area contributed by atoms with E-state index in [2.05, 4.69) is 14.0 Å². The Morgan fingerprint density at radius 3 is 2.24 bits per heavy atom. The smallest absolute Gasteiger partial charge is 0.412 e. The van der Waals surface area contributed by atoms with E-state index in [9.17, 15) is 44.9 Å². The second-order valence-corrected chi connectivity index (χ2v) is 8.45. The number of halogens is 7. The number of unbranched alkanes of at least 4 members (excludes halogenated alkanes) is 1. The summed E-state index contributed by atoms with van der Waals surface area (Å²) in [6.07, 6.45) is -10.5. The average molecular weight is 531 g/mol. The van der Waals surface area contributed by atoms with Crippen LogP contribution >= 0.6 is 7.60 Å². The number of nitrogens with zero attached hydrogens (tertiary/aromatic N) is 2. The fourth-order valence-electron chi connectivity index (χ4n) is 1.95. The van der Waals surface area contributed by atoms with Crippen LogP contribution in [0.4, 0.5) is 41.3 Å². The number of ether oxygens (including phenoxy) is 2. The first-order chi connectivity index (χ1) is 15.6. The zero-order valence-electron chi connectivity index (χ0n) is 17.6. The van der Waals surface area contributed by atoms with Gasteiger partial charge in [-0.2, -0.15) is 31.3 Å². The van der Waals surface area contributed by atoms with Crippen LogP contribution < -0.4 is 11.0 Å². The summed E-state index contributed by atoms with van der Waals surface area (Å²) in [5, 5.41) is 1.93. The number of carbonyl (C=O) groups is 1. The molecule has 1 aromatic heterocycles. The summed E-state index contributed by atoms with van der Waals surface area (Å²) >= 11 is 0. The van der Waals surface area contributed by atoms with E-state index in [1.165, 1.54) is 0 Å². The van der Waals surface area contributed by atoms with E-state index in [0.29, 0.717) is 17.2 Å². The van der Waals surface area contributed by atoms with Crippen LogP contribution in [0.5, 0.6) is 0 Å². The molecular formula is C16H21F7N3O7P. The standard InChI is InChI=1S/C16H21F7N3O7P/c1-2-3-5-31-14(28)25-12-11(17)7-26(13(27)24-12)4-6-30-10-34(29,32-8-15(18,19)20)33-9-16(21,22)23/h7H,2-6,8-10H2,1H3,(H,24,25,27,28). The Labute approximate surface area is 187 Å². The molecule has 1 heterocycles. The van der Waals surface area contributed by atoms with Crippen LogP contribution in [0.15, 0.2) is 11.0 Å². The second kappa shape index (κ2) is 13.0. The first-order valence-electron chi connectivity index (χ1n) is 9.44. The molecule has 196 valence electrons. The van der Waals surface area contributed by atoms with Gasteiger partial charge in [0, 0.05) is 6.20 Å². The van der Waals surface area contributed by atoms with Crippen LogP contribution in [0.3, 0.4) is 0 Å². The molecule has 34 heavy (non-hydrogen) atoms. The van der Waals surface area contributed by atoms with Crippen molar-refractivity contribution in [2.24, 2.45) is 0 Å². The van der Waals surface area contributed by atoms with Gasteiger partial charge in [0.15, 0.2) is 24.8 Å². The molecule has 1 rings (SSSR count). The summed E-state index contributed by atoms with van der Waals surface area (Å²) in [6, 6.07) is 0. The molecule has 0 aliphatic rings. The van der Waals surface area contributed by atoms with Gasteiger partial charge in [-0.25, -0.2) is 14.0 Å². The van der Waals surface area contributed by atoms with Gasteiger partial charge < -0.3 is 9.47 Å². The van der Waals surface area contributed by atoms with Gasteiger partial charge in [-0.3, -0.25) is 23.5 Å². The van der Waals surface area contributed by atoms with Crippen molar-refractivity contribution < 1.29 is 58.6 Å². The first-order valence-corrected chi connectivity index (χ1v) is 11.2. The number of amides is 1. The summed E-state index contributed by atoms with van der Waals surface area (Å²) in [4.78, 5) is 26.7. The SMILES string of the molecule is CCCCOC(=O)Nc1nc(=O)n(CCOCP(=O)(OCC(F)(F)F)OCC(F)(F)F)cc1F. The lowest BCUT2D eigenvalue weighted by Gasteiger charge is -2.20. The molecule has 0 unspecified atom stereocenters. The molecule has 1 aromatic rings. The van der Waals surface area contributed by atoms with E-state index in [4.69, 9.17) is 9.47 Å². The molecule has 0 aliphatic carbocycles. The Balaban J connectivity index is 2.69. The molecule has 18 heteroatoms. The highest BCUT2D eigenvalue weighted by Gasteiger charge is 2.38. The third-order valence-electron chi connectivity index (χ3n) is 3.48. The Morgan fingerprint density at radius 2 is 1.71 bits per heavy atom. The number of aromatic nitrogens is 2. The third-order valence-corrected chi connectivity index (χ3v) is 5.02. The van der Waals surface area contributed by atoms with Gasteiger partial charge in [0.25, 0.3) is 0 Å². The zero-order chi connectivity index (χ0) is 26.0. The minimum absolute atomic E-state index is 0.0571. The molecule has 0 saturated carbocycles. The van der Waals surface area contributed by atoms with Crippen LogP contribution in [0.2, 0.25) is 0 Å². The molecular weight excluding hydrogens is 510 g/mol. The van der Waals surface area contributed by atoms with Crippen LogP contribution in [-0.4, -0.2) is 60.8 Å². The van der Waals surface area contributed by atoms with Crippen molar-refractivity contribution in [1.82, 2.24) is 9.55 Å². The van der Waals surface area contributed by atoms with Crippen molar-refractivity contribution >= 4 is 19.5 Å². The highest BCUT2D eigenvalue weighted by molar-refractivity contribution is 7.53. The molecule has 0 atom stereocenters. The monoisotopic (exact) mass is 531 g/mol. The predicted octanol–water partition coefficient (Wildman–Crippen LogP) is 4.06. The molecule has 0 fully saturated rings. The Morgan fingerprint density at radius 1 is 1.12 bits per heavy atom. The molecule has 10 nitrogen and oxygen atoms in total. The summed E-state index contributed by atoms with van der Waals surface area (Å²) in [6.45, 7) is -3.54. The van der Waals surface area contributed by atoms with Gasteiger partial charge >= 0.3 is 31.7 Å². The lowest BCUT2D eigenvalue weighted by atomic mass is 10.4. The summed E-state index contributed by atoms with van der Waals surface area (Å²) in [5.74, 6) is -1.88.